The van der Waals surface area contributed by atoms with Crippen molar-refractivity contribution in [2.45, 2.75) is 50.0 Å². The molecular weight excluding hydrogens is 365 g/mol. The van der Waals surface area contributed by atoms with Crippen molar-refractivity contribution in [3.05, 3.63) is 70.5 Å². The van der Waals surface area contributed by atoms with Crippen molar-refractivity contribution in [3.8, 4) is 0 Å². The summed E-state index contributed by atoms with van der Waals surface area (Å²) in [6, 6.07) is 14.6. The van der Waals surface area contributed by atoms with Gasteiger partial charge in [0.25, 0.3) is 0 Å². The van der Waals surface area contributed by atoms with Crippen molar-refractivity contribution in [2.75, 3.05) is 14.1 Å². The summed E-state index contributed by atoms with van der Waals surface area (Å²) < 4.78 is 19.8. The maximum atomic E-state index is 13.6. The number of hydrogen-bond donors (Lipinski definition) is 1. The fourth-order valence-corrected chi connectivity index (χ4v) is 4.23. The van der Waals surface area contributed by atoms with Crippen molar-refractivity contribution < 1.29 is 14.2 Å². The molecule has 3 atom stereocenters. The molecule has 0 amide bonds. The topological polar surface area (TPSA) is 32.7 Å². The summed E-state index contributed by atoms with van der Waals surface area (Å²) in [5, 5.41) is 11.7. The molecule has 0 aliphatic heterocycles. The Kier molecular flexibility index (Phi) is 5.92. The van der Waals surface area contributed by atoms with Crippen LogP contribution in [0.25, 0.3) is 0 Å². The Labute approximate surface area is 165 Å². The molecule has 0 radical (unpaired) electrons. The number of benzene rings is 2. The van der Waals surface area contributed by atoms with Crippen LogP contribution >= 0.6 is 11.6 Å². The van der Waals surface area contributed by atoms with E-state index in [4.69, 9.17) is 16.3 Å². The van der Waals surface area contributed by atoms with Gasteiger partial charge in [0.2, 0.25) is 0 Å². The molecule has 2 aromatic carbocycles. The molecule has 3 unspecified atom stereocenters. The highest BCUT2D eigenvalue weighted by molar-refractivity contribution is 6.30. The molecule has 2 aromatic rings. The third-order valence-electron chi connectivity index (χ3n) is 6.06. The quantitative estimate of drug-likeness (QED) is 0.797. The maximum absolute atomic E-state index is 13.6. The maximum Gasteiger partial charge on any atom is 0.141 e. The van der Waals surface area contributed by atoms with Gasteiger partial charge in [-0.25, -0.2) is 4.39 Å². The Morgan fingerprint density at radius 1 is 1.22 bits per heavy atom. The summed E-state index contributed by atoms with van der Waals surface area (Å²) in [5.41, 5.74) is 0.0654. The average Bonchev–Trinajstić information content (AvgIpc) is 2.65. The Morgan fingerprint density at radius 2 is 1.93 bits per heavy atom. The molecule has 146 valence electrons. The molecule has 0 heterocycles. The van der Waals surface area contributed by atoms with Crippen molar-refractivity contribution in [1.29, 1.82) is 0 Å². The number of nitrogens with zero attached hydrogens (tertiary/aromatic N) is 1. The number of hydrogen-bond acceptors (Lipinski definition) is 3. The van der Waals surface area contributed by atoms with Gasteiger partial charge in [0, 0.05) is 0 Å². The zero-order valence-corrected chi connectivity index (χ0v) is 16.8. The molecule has 3 nitrogen and oxygen atoms in total. The van der Waals surface area contributed by atoms with E-state index in [2.05, 4.69) is 0 Å². The monoisotopic (exact) mass is 391 g/mol. The van der Waals surface area contributed by atoms with Gasteiger partial charge in [-0.2, -0.15) is 0 Å². The molecule has 0 saturated heterocycles. The van der Waals surface area contributed by atoms with Crippen molar-refractivity contribution >= 4 is 11.6 Å². The standard InChI is InChI=1S/C22H27ClFNO2/c1-21(25(2)3)14-18(27-15-16-7-5-4-6-8-16)11-12-22(21,26)17-9-10-20(24)19(23)13-17/h4-10,13,18,26H,11-12,14-15H2,1-3H3. The van der Waals surface area contributed by atoms with E-state index < -0.39 is 17.0 Å². The molecule has 1 aliphatic carbocycles. The van der Waals surface area contributed by atoms with Crippen LogP contribution in [0.3, 0.4) is 0 Å². The van der Waals surface area contributed by atoms with Gasteiger partial charge in [-0.05, 0) is 63.5 Å². The molecule has 1 fully saturated rings. The summed E-state index contributed by atoms with van der Waals surface area (Å²) in [7, 11) is 3.91. The van der Waals surface area contributed by atoms with E-state index in [0.717, 1.165) is 12.0 Å². The van der Waals surface area contributed by atoms with Gasteiger partial charge < -0.3 is 14.7 Å². The second-order valence-electron chi connectivity index (χ2n) is 7.82. The fourth-order valence-electron chi connectivity index (χ4n) is 4.05. The van der Waals surface area contributed by atoms with Crippen LogP contribution in [0.2, 0.25) is 5.02 Å². The van der Waals surface area contributed by atoms with Gasteiger partial charge >= 0.3 is 0 Å². The van der Waals surface area contributed by atoms with E-state index in [0.29, 0.717) is 25.0 Å². The molecule has 0 spiro atoms. The van der Waals surface area contributed by atoms with Crippen LogP contribution in [-0.4, -0.2) is 35.7 Å². The molecule has 1 aliphatic rings. The minimum absolute atomic E-state index is 0.0319. The van der Waals surface area contributed by atoms with Crippen molar-refractivity contribution in [3.63, 3.8) is 0 Å². The highest BCUT2D eigenvalue weighted by Crippen LogP contribution is 2.48. The highest BCUT2D eigenvalue weighted by atomic mass is 35.5. The minimum atomic E-state index is -1.14. The summed E-state index contributed by atoms with van der Waals surface area (Å²) in [6.07, 6.45) is 1.94. The lowest BCUT2D eigenvalue weighted by molar-refractivity contribution is -0.159. The molecular formula is C22H27ClFNO2. The van der Waals surface area contributed by atoms with Crippen LogP contribution in [0.15, 0.2) is 48.5 Å². The average molecular weight is 392 g/mol. The van der Waals surface area contributed by atoms with Crippen molar-refractivity contribution in [1.82, 2.24) is 4.90 Å². The normalized spacial score (nSPS) is 28.5. The van der Waals surface area contributed by atoms with Gasteiger partial charge in [0.05, 0.1) is 23.3 Å². The van der Waals surface area contributed by atoms with E-state index in [1.807, 2.05) is 56.3 Å². The van der Waals surface area contributed by atoms with Gasteiger partial charge in [0.15, 0.2) is 0 Å². The molecule has 27 heavy (non-hydrogen) atoms. The second-order valence-corrected chi connectivity index (χ2v) is 8.23. The predicted molar refractivity (Wildman–Crippen MR) is 106 cm³/mol. The molecule has 5 heteroatoms. The van der Waals surface area contributed by atoms with Crippen LogP contribution in [0.4, 0.5) is 4.39 Å². The second kappa shape index (κ2) is 7.88. The van der Waals surface area contributed by atoms with Gasteiger partial charge in [0.1, 0.15) is 11.4 Å². The lowest BCUT2D eigenvalue weighted by Gasteiger charge is -2.54. The first-order valence-electron chi connectivity index (χ1n) is 9.27. The van der Waals surface area contributed by atoms with Crippen LogP contribution in [0.1, 0.15) is 37.3 Å². The third kappa shape index (κ3) is 3.90. The third-order valence-corrected chi connectivity index (χ3v) is 6.35. The van der Waals surface area contributed by atoms with E-state index in [-0.39, 0.29) is 11.1 Å². The first-order valence-corrected chi connectivity index (χ1v) is 9.65. The van der Waals surface area contributed by atoms with Gasteiger partial charge in [-0.3, -0.25) is 0 Å². The largest absolute Gasteiger partial charge is 0.383 e. The Morgan fingerprint density at radius 3 is 2.56 bits per heavy atom. The summed E-state index contributed by atoms with van der Waals surface area (Å²) in [6.45, 7) is 2.58. The van der Waals surface area contributed by atoms with Crippen LogP contribution in [-0.2, 0) is 16.9 Å². The first kappa shape index (κ1) is 20.3. The van der Waals surface area contributed by atoms with Crippen LogP contribution in [0.5, 0.6) is 0 Å². The highest BCUT2D eigenvalue weighted by Gasteiger charge is 2.53. The smallest absolute Gasteiger partial charge is 0.141 e. The van der Waals surface area contributed by atoms with Crippen LogP contribution in [0, 0.1) is 5.82 Å². The van der Waals surface area contributed by atoms with E-state index in [9.17, 15) is 9.50 Å². The Balaban J connectivity index is 1.82. The number of rotatable bonds is 5. The van der Waals surface area contributed by atoms with Crippen molar-refractivity contribution in [2.24, 2.45) is 0 Å². The Hall–Kier alpha value is -1.46. The molecule has 0 aromatic heterocycles. The SMILES string of the molecule is CN(C)C1(C)CC(OCc2ccccc2)CCC1(O)c1ccc(F)c(Cl)c1. The van der Waals surface area contributed by atoms with Crippen LogP contribution < -0.4 is 0 Å². The summed E-state index contributed by atoms with van der Waals surface area (Å²) >= 11 is 5.99. The Bertz CT molecular complexity index is 785. The number of halogens is 2. The first-order chi connectivity index (χ1) is 12.8. The minimum Gasteiger partial charge on any atom is -0.383 e. The molecule has 0 bridgehead atoms. The van der Waals surface area contributed by atoms with E-state index >= 15 is 0 Å². The number of ether oxygens (including phenoxy) is 1. The van der Waals surface area contributed by atoms with E-state index in [1.54, 1.807) is 12.1 Å². The summed E-state index contributed by atoms with van der Waals surface area (Å²) in [5.74, 6) is -0.476. The molecule has 1 N–H and O–H groups in total. The lowest BCUT2D eigenvalue weighted by atomic mass is 9.65. The zero-order valence-electron chi connectivity index (χ0n) is 16.1. The number of likely N-dealkylation sites (N-methyl/N-ethyl adjacent to an activating group) is 1. The lowest BCUT2D eigenvalue weighted by Crippen LogP contribution is -2.62. The summed E-state index contributed by atoms with van der Waals surface area (Å²) in [4.78, 5) is 2.03. The number of aliphatic hydroxyl groups is 1. The fraction of sp³-hybridized carbons (Fsp3) is 0.455. The zero-order chi connectivity index (χ0) is 19.7. The molecule has 3 rings (SSSR count). The van der Waals surface area contributed by atoms with E-state index in [1.165, 1.54) is 6.07 Å². The van der Waals surface area contributed by atoms with Gasteiger partial charge in [-0.1, -0.05) is 48.0 Å². The molecule has 1 saturated carbocycles. The predicted octanol–water partition coefficient (Wildman–Crippen LogP) is 4.76. The van der Waals surface area contributed by atoms with Gasteiger partial charge in [-0.15, -0.1) is 0 Å².